The Hall–Kier alpha value is -2.43. The maximum atomic E-state index is 12.2. The number of carbonyl (C=O) groups excluding carboxylic acids is 2. The van der Waals surface area contributed by atoms with E-state index >= 15 is 0 Å². The summed E-state index contributed by atoms with van der Waals surface area (Å²) >= 11 is 0. The van der Waals surface area contributed by atoms with E-state index in [4.69, 9.17) is 0 Å². The van der Waals surface area contributed by atoms with Crippen LogP contribution in [0.15, 0.2) is 30.6 Å². The third kappa shape index (κ3) is 1.66. The van der Waals surface area contributed by atoms with Crippen molar-refractivity contribution in [2.75, 3.05) is 0 Å². The van der Waals surface area contributed by atoms with E-state index in [0.717, 1.165) is 11.4 Å². The summed E-state index contributed by atoms with van der Waals surface area (Å²) in [6, 6.07) is 6.89. The minimum atomic E-state index is -0.244. The first-order chi connectivity index (χ1) is 9.09. The Labute approximate surface area is 110 Å². The number of aromatic nitrogens is 2. The topological polar surface area (TPSA) is 55.2 Å². The molecule has 0 N–H and O–H groups in total. The van der Waals surface area contributed by atoms with Gasteiger partial charge in [-0.25, -0.2) is 4.98 Å². The lowest BCUT2D eigenvalue weighted by Gasteiger charge is -2.15. The maximum Gasteiger partial charge on any atom is 0.263 e. The first-order valence-corrected chi connectivity index (χ1v) is 6.03. The standard InChI is InChI=1S/C14H13N3O2/c1-9-10(2)16(7-15-9)8-17-13(18)11-5-3-4-6-12(11)14(17)19/h3-7H,8H2,1-2H3. The molecular weight excluding hydrogens is 242 g/mol. The number of imide groups is 1. The fourth-order valence-electron chi connectivity index (χ4n) is 2.21. The summed E-state index contributed by atoms with van der Waals surface area (Å²) in [5.41, 5.74) is 2.80. The molecule has 1 aliphatic rings. The number of imidazole rings is 1. The number of fused-ring (bicyclic) bond motifs is 1. The molecule has 1 aromatic carbocycles. The molecule has 96 valence electrons. The average Bonchev–Trinajstić information content (AvgIpc) is 2.86. The second-order valence-electron chi connectivity index (χ2n) is 4.61. The third-order valence-electron chi connectivity index (χ3n) is 3.52. The maximum absolute atomic E-state index is 12.2. The van der Waals surface area contributed by atoms with E-state index in [0.29, 0.717) is 11.1 Å². The quantitative estimate of drug-likeness (QED) is 0.768. The fraction of sp³-hybridized carbons (Fsp3) is 0.214. The number of aryl methyl sites for hydroxylation is 1. The Morgan fingerprint density at radius 1 is 1.05 bits per heavy atom. The van der Waals surface area contributed by atoms with Crippen LogP contribution in [0.5, 0.6) is 0 Å². The zero-order valence-electron chi connectivity index (χ0n) is 10.8. The van der Waals surface area contributed by atoms with Crippen molar-refractivity contribution in [1.29, 1.82) is 0 Å². The van der Waals surface area contributed by atoms with Crippen LogP contribution in [0, 0.1) is 13.8 Å². The van der Waals surface area contributed by atoms with Gasteiger partial charge < -0.3 is 4.57 Å². The van der Waals surface area contributed by atoms with Gasteiger partial charge in [-0.05, 0) is 26.0 Å². The molecule has 0 saturated carbocycles. The second kappa shape index (κ2) is 4.05. The number of carbonyl (C=O) groups is 2. The van der Waals surface area contributed by atoms with Crippen LogP contribution < -0.4 is 0 Å². The molecule has 19 heavy (non-hydrogen) atoms. The molecule has 2 amide bonds. The van der Waals surface area contributed by atoms with Crippen molar-refractivity contribution in [3.63, 3.8) is 0 Å². The minimum absolute atomic E-state index is 0.207. The zero-order valence-corrected chi connectivity index (χ0v) is 10.8. The summed E-state index contributed by atoms with van der Waals surface area (Å²) in [6.45, 7) is 4.02. The molecule has 0 saturated heterocycles. The lowest BCUT2D eigenvalue weighted by Crippen LogP contribution is -2.32. The Morgan fingerprint density at radius 2 is 1.63 bits per heavy atom. The Bertz CT molecular complexity index is 653. The predicted molar refractivity (Wildman–Crippen MR) is 68.6 cm³/mol. The summed E-state index contributed by atoms with van der Waals surface area (Å²) in [5, 5.41) is 0. The number of hydrogen-bond acceptors (Lipinski definition) is 3. The van der Waals surface area contributed by atoms with Gasteiger partial charge in [0, 0.05) is 5.69 Å². The highest BCUT2D eigenvalue weighted by atomic mass is 16.2. The summed E-state index contributed by atoms with van der Waals surface area (Å²) in [5.74, 6) is -0.488. The molecule has 0 fully saturated rings. The van der Waals surface area contributed by atoms with Crippen LogP contribution in [-0.4, -0.2) is 26.3 Å². The van der Waals surface area contributed by atoms with E-state index in [1.54, 1.807) is 35.2 Å². The molecule has 0 unspecified atom stereocenters. The van der Waals surface area contributed by atoms with Crippen LogP contribution in [0.3, 0.4) is 0 Å². The van der Waals surface area contributed by atoms with Crippen molar-refractivity contribution in [3.8, 4) is 0 Å². The van der Waals surface area contributed by atoms with Crippen molar-refractivity contribution >= 4 is 11.8 Å². The number of nitrogens with zero attached hydrogens (tertiary/aromatic N) is 3. The van der Waals surface area contributed by atoms with Crippen molar-refractivity contribution in [2.45, 2.75) is 20.5 Å². The molecule has 1 aromatic heterocycles. The minimum Gasteiger partial charge on any atom is -0.316 e. The van der Waals surface area contributed by atoms with Crippen LogP contribution in [0.1, 0.15) is 32.1 Å². The van der Waals surface area contributed by atoms with Gasteiger partial charge in [0.25, 0.3) is 11.8 Å². The van der Waals surface area contributed by atoms with E-state index in [1.807, 2.05) is 13.8 Å². The van der Waals surface area contributed by atoms with Crippen LogP contribution in [0.2, 0.25) is 0 Å². The van der Waals surface area contributed by atoms with Gasteiger partial charge in [-0.15, -0.1) is 0 Å². The van der Waals surface area contributed by atoms with Gasteiger partial charge in [0.1, 0.15) is 6.67 Å². The SMILES string of the molecule is Cc1ncn(CN2C(=O)c3ccccc3C2=O)c1C. The number of rotatable bonds is 2. The Balaban J connectivity index is 1.95. The fourth-order valence-corrected chi connectivity index (χ4v) is 2.21. The zero-order chi connectivity index (χ0) is 13.6. The number of benzene rings is 1. The molecule has 2 aromatic rings. The summed E-state index contributed by atoms with van der Waals surface area (Å²) in [6.07, 6.45) is 1.65. The molecular formula is C14H13N3O2. The Morgan fingerprint density at radius 3 is 2.11 bits per heavy atom. The van der Waals surface area contributed by atoms with Gasteiger partial charge in [-0.3, -0.25) is 14.5 Å². The van der Waals surface area contributed by atoms with Gasteiger partial charge in [0.2, 0.25) is 0 Å². The first kappa shape index (κ1) is 11.6. The van der Waals surface area contributed by atoms with E-state index in [9.17, 15) is 9.59 Å². The normalized spacial score (nSPS) is 14.1. The highest BCUT2D eigenvalue weighted by Crippen LogP contribution is 2.23. The summed E-state index contributed by atoms with van der Waals surface area (Å²) in [7, 11) is 0. The molecule has 2 heterocycles. The van der Waals surface area contributed by atoms with E-state index in [2.05, 4.69) is 4.98 Å². The molecule has 5 nitrogen and oxygen atoms in total. The highest BCUT2D eigenvalue weighted by molar-refractivity contribution is 6.21. The van der Waals surface area contributed by atoms with E-state index < -0.39 is 0 Å². The molecule has 3 rings (SSSR count). The molecule has 0 aliphatic carbocycles. The van der Waals surface area contributed by atoms with E-state index in [1.165, 1.54) is 4.90 Å². The van der Waals surface area contributed by atoms with Crippen molar-refractivity contribution in [3.05, 3.63) is 53.1 Å². The van der Waals surface area contributed by atoms with Gasteiger partial charge in [-0.1, -0.05) is 12.1 Å². The number of hydrogen-bond donors (Lipinski definition) is 0. The van der Waals surface area contributed by atoms with Crippen LogP contribution in [0.4, 0.5) is 0 Å². The van der Waals surface area contributed by atoms with Crippen molar-refractivity contribution < 1.29 is 9.59 Å². The Kier molecular flexibility index (Phi) is 2.48. The molecule has 0 radical (unpaired) electrons. The molecule has 0 atom stereocenters. The van der Waals surface area contributed by atoms with Gasteiger partial charge in [-0.2, -0.15) is 0 Å². The van der Waals surface area contributed by atoms with Gasteiger partial charge in [0.05, 0.1) is 23.1 Å². The molecule has 5 heteroatoms. The third-order valence-corrected chi connectivity index (χ3v) is 3.52. The van der Waals surface area contributed by atoms with Crippen LogP contribution in [-0.2, 0) is 6.67 Å². The lowest BCUT2D eigenvalue weighted by molar-refractivity contribution is 0.0605. The highest BCUT2D eigenvalue weighted by Gasteiger charge is 2.35. The van der Waals surface area contributed by atoms with Crippen LogP contribution >= 0.6 is 0 Å². The summed E-state index contributed by atoms with van der Waals surface area (Å²) in [4.78, 5) is 29.8. The van der Waals surface area contributed by atoms with E-state index in [-0.39, 0.29) is 18.5 Å². The first-order valence-electron chi connectivity index (χ1n) is 6.03. The number of amides is 2. The van der Waals surface area contributed by atoms with Crippen LogP contribution in [0.25, 0.3) is 0 Å². The predicted octanol–water partition coefficient (Wildman–Crippen LogP) is 1.75. The molecule has 1 aliphatic heterocycles. The smallest absolute Gasteiger partial charge is 0.263 e. The van der Waals surface area contributed by atoms with Gasteiger partial charge in [0.15, 0.2) is 0 Å². The monoisotopic (exact) mass is 255 g/mol. The largest absolute Gasteiger partial charge is 0.316 e. The average molecular weight is 255 g/mol. The lowest BCUT2D eigenvalue weighted by atomic mass is 10.1. The second-order valence-corrected chi connectivity index (χ2v) is 4.61. The van der Waals surface area contributed by atoms with Gasteiger partial charge >= 0.3 is 0 Å². The molecule has 0 bridgehead atoms. The van der Waals surface area contributed by atoms with Crippen molar-refractivity contribution in [2.24, 2.45) is 0 Å². The van der Waals surface area contributed by atoms with Crippen molar-refractivity contribution in [1.82, 2.24) is 14.5 Å². The summed E-state index contributed by atoms with van der Waals surface area (Å²) < 4.78 is 1.80. The molecule has 0 spiro atoms.